The number of benzene rings is 4. The Morgan fingerprint density at radius 2 is 1.81 bits per heavy atom. The maximum absolute atomic E-state index is 12.7. The number of methoxy groups -OCH3 is 1. The molecule has 0 fully saturated rings. The lowest BCUT2D eigenvalue weighted by molar-refractivity contribution is 0.0950. The van der Waals surface area contributed by atoms with Gasteiger partial charge >= 0.3 is 0 Å². The number of hydrogen-bond acceptors (Lipinski definition) is 5. The summed E-state index contributed by atoms with van der Waals surface area (Å²) < 4.78 is 11.4. The zero-order chi connectivity index (χ0) is 24.7. The van der Waals surface area contributed by atoms with E-state index in [0.29, 0.717) is 18.1 Å². The first-order chi connectivity index (χ1) is 17.7. The van der Waals surface area contributed by atoms with Gasteiger partial charge in [-0.25, -0.2) is 5.43 Å². The zero-order valence-corrected chi connectivity index (χ0v) is 19.6. The first-order valence-corrected chi connectivity index (χ1v) is 11.4. The Kier molecular flexibility index (Phi) is 6.71. The number of nitrogens with one attached hydrogen (secondary N) is 2. The molecule has 0 radical (unpaired) electrons. The molecule has 5 rings (SSSR count). The third-order valence-corrected chi connectivity index (χ3v) is 5.68. The van der Waals surface area contributed by atoms with Gasteiger partial charge in [0.2, 0.25) is 0 Å². The van der Waals surface area contributed by atoms with Crippen LogP contribution < -0.4 is 14.9 Å². The van der Waals surface area contributed by atoms with Crippen molar-refractivity contribution in [3.8, 4) is 22.8 Å². The highest BCUT2D eigenvalue weighted by Crippen LogP contribution is 2.36. The Balaban J connectivity index is 1.26. The molecule has 0 saturated carbocycles. The average Bonchev–Trinajstić information content (AvgIpc) is 3.42. The quantitative estimate of drug-likeness (QED) is 0.226. The molecule has 0 aliphatic rings. The second kappa shape index (κ2) is 10.6. The number of rotatable bonds is 8. The van der Waals surface area contributed by atoms with Gasteiger partial charge in [0.25, 0.3) is 5.91 Å². The Bertz CT molecular complexity index is 1530. The number of carbonyl (C=O) groups excluding carboxylic acids is 1. The van der Waals surface area contributed by atoms with Crippen LogP contribution in [0.15, 0.2) is 102 Å². The van der Waals surface area contributed by atoms with Crippen LogP contribution in [0.2, 0.25) is 0 Å². The molecule has 0 aliphatic heterocycles. The number of carbonyl (C=O) groups is 1. The molecule has 7 nitrogen and oxygen atoms in total. The van der Waals surface area contributed by atoms with Crippen LogP contribution in [0, 0.1) is 0 Å². The van der Waals surface area contributed by atoms with Crippen LogP contribution in [-0.4, -0.2) is 29.4 Å². The molecule has 1 aromatic heterocycles. The maximum atomic E-state index is 12.7. The molecule has 178 valence electrons. The summed E-state index contributed by atoms with van der Waals surface area (Å²) in [5.41, 5.74) is 6.15. The predicted octanol–water partition coefficient (Wildman–Crippen LogP) is 5.58. The Morgan fingerprint density at radius 3 is 2.67 bits per heavy atom. The van der Waals surface area contributed by atoms with Crippen molar-refractivity contribution in [2.24, 2.45) is 5.10 Å². The third-order valence-electron chi connectivity index (χ3n) is 5.68. The van der Waals surface area contributed by atoms with Gasteiger partial charge in [0, 0.05) is 0 Å². The van der Waals surface area contributed by atoms with E-state index in [1.54, 1.807) is 19.4 Å². The fourth-order valence-electron chi connectivity index (χ4n) is 3.90. The normalized spacial score (nSPS) is 11.0. The molecule has 1 heterocycles. The molecule has 0 unspecified atom stereocenters. The van der Waals surface area contributed by atoms with E-state index in [2.05, 4.69) is 20.7 Å². The standard InChI is InChI=1S/C29H24N4O3/c1-35-27-15-14-22-11-5-6-13-24(22)28(27)25-17-26(32-31-25)29(34)33-30-18-21-10-7-12-23(16-21)36-19-20-8-3-2-4-9-20/h2-18H,19H2,1H3,(H,31,32)(H,33,34). The van der Waals surface area contributed by atoms with Gasteiger partial charge in [-0.3, -0.25) is 9.89 Å². The summed E-state index contributed by atoms with van der Waals surface area (Å²) in [4.78, 5) is 12.7. The van der Waals surface area contributed by atoms with E-state index < -0.39 is 5.91 Å². The molecule has 0 aliphatic carbocycles. The van der Waals surface area contributed by atoms with Crippen LogP contribution >= 0.6 is 0 Å². The van der Waals surface area contributed by atoms with E-state index in [1.165, 1.54) is 0 Å². The van der Waals surface area contributed by atoms with Crippen molar-refractivity contribution in [1.29, 1.82) is 0 Å². The van der Waals surface area contributed by atoms with Crippen LogP contribution in [0.4, 0.5) is 0 Å². The number of nitrogens with zero attached hydrogens (tertiary/aromatic N) is 2. The van der Waals surface area contributed by atoms with Crippen molar-refractivity contribution >= 4 is 22.9 Å². The second-order valence-corrected chi connectivity index (χ2v) is 8.08. The first kappa shape index (κ1) is 22.9. The minimum atomic E-state index is -0.402. The van der Waals surface area contributed by atoms with Crippen LogP contribution in [-0.2, 0) is 6.61 Å². The molecule has 0 bridgehead atoms. The highest BCUT2D eigenvalue weighted by molar-refractivity contribution is 6.00. The zero-order valence-electron chi connectivity index (χ0n) is 19.6. The molecular formula is C29H24N4O3. The Hall–Kier alpha value is -4.91. The van der Waals surface area contributed by atoms with E-state index in [1.807, 2.05) is 91.0 Å². The molecule has 36 heavy (non-hydrogen) atoms. The summed E-state index contributed by atoms with van der Waals surface area (Å²) in [7, 11) is 1.62. The van der Waals surface area contributed by atoms with Crippen LogP contribution in [0.25, 0.3) is 22.0 Å². The van der Waals surface area contributed by atoms with Crippen LogP contribution in [0.1, 0.15) is 21.6 Å². The van der Waals surface area contributed by atoms with Crippen molar-refractivity contribution in [2.45, 2.75) is 6.61 Å². The van der Waals surface area contributed by atoms with Gasteiger partial charge in [-0.1, -0.05) is 72.8 Å². The molecule has 0 saturated heterocycles. The second-order valence-electron chi connectivity index (χ2n) is 8.08. The van der Waals surface area contributed by atoms with Gasteiger partial charge in [0.15, 0.2) is 0 Å². The fourth-order valence-corrected chi connectivity index (χ4v) is 3.90. The summed E-state index contributed by atoms with van der Waals surface area (Å²) in [6, 6.07) is 31.0. The summed E-state index contributed by atoms with van der Waals surface area (Å²) >= 11 is 0. The molecule has 0 spiro atoms. The van der Waals surface area contributed by atoms with E-state index in [0.717, 1.165) is 33.2 Å². The summed E-state index contributed by atoms with van der Waals surface area (Å²) in [6.45, 7) is 0.474. The topological polar surface area (TPSA) is 88.6 Å². The number of aromatic nitrogens is 2. The summed E-state index contributed by atoms with van der Waals surface area (Å²) in [6.07, 6.45) is 1.57. The van der Waals surface area contributed by atoms with E-state index in [9.17, 15) is 4.79 Å². The van der Waals surface area contributed by atoms with Gasteiger partial charge in [-0.2, -0.15) is 10.2 Å². The van der Waals surface area contributed by atoms with E-state index in [-0.39, 0.29) is 5.69 Å². The molecule has 1 amide bonds. The number of amides is 1. The number of hydrazone groups is 1. The number of ether oxygens (including phenoxy) is 2. The Labute approximate surface area is 208 Å². The smallest absolute Gasteiger partial charge is 0.289 e. The first-order valence-electron chi connectivity index (χ1n) is 11.4. The monoisotopic (exact) mass is 476 g/mol. The SMILES string of the molecule is COc1ccc2ccccc2c1-c1cc(C(=O)NN=Cc2cccc(OCc3ccccc3)c2)[nH]n1. The van der Waals surface area contributed by atoms with Crippen molar-refractivity contribution < 1.29 is 14.3 Å². The number of hydrogen-bond donors (Lipinski definition) is 2. The predicted molar refractivity (Wildman–Crippen MR) is 140 cm³/mol. The lowest BCUT2D eigenvalue weighted by Gasteiger charge is -2.09. The lowest BCUT2D eigenvalue weighted by Crippen LogP contribution is -2.18. The van der Waals surface area contributed by atoms with Gasteiger partial charge < -0.3 is 9.47 Å². The van der Waals surface area contributed by atoms with Gasteiger partial charge in [0.05, 0.1) is 24.6 Å². The van der Waals surface area contributed by atoms with Gasteiger partial charge in [0.1, 0.15) is 23.8 Å². The largest absolute Gasteiger partial charge is 0.496 e. The number of fused-ring (bicyclic) bond motifs is 1. The van der Waals surface area contributed by atoms with Crippen molar-refractivity contribution in [3.05, 3.63) is 114 Å². The minimum absolute atomic E-state index is 0.289. The Morgan fingerprint density at radius 1 is 0.972 bits per heavy atom. The van der Waals surface area contributed by atoms with Crippen molar-refractivity contribution in [1.82, 2.24) is 15.6 Å². The lowest BCUT2D eigenvalue weighted by atomic mass is 10.0. The highest BCUT2D eigenvalue weighted by atomic mass is 16.5. The minimum Gasteiger partial charge on any atom is -0.496 e. The molecule has 5 aromatic rings. The average molecular weight is 477 g/mol. The van der Waals surface area contributed by atoms with Crippen LogP contribution in [0.5, 0.6) is 11.5 Å². The van der Waals surface area contributed by atoms with E-state index in [4.69, 9.17) is 9.47 Å². The summed E-state index contributed by atoms with van der Waals surface area (Å²) in [5.74, 6) is 0.997. The van der Waals surface area contributed by atoms with Crippen molar-refractivity contribution in [2.75, 3.05) is 7.11 Å². The molecule has 7 heteroatoms. The van der Waals surface area contributed by atoms with Gasteiger partial charge in [-0.15, -0.1) is 0 Å². The highest BCUT2D eigenvalue weighted by Gasteiger charge is 2.16. The number of aromatic amines is 1. The molecule has 2 N–H and O–H groups in total. The fraction of sp³-hybridized carbons (Fsp3) is 0.0690. The third kappa shape index (κ3) is 5.10. The molecule has 4 aromatic carbocycles. The maximum Gasteiger partial charge on any atom is 0.289 e. The van der Waals surface area contributed by atoms with Crippen molar-refractivity contribution in [3.63, 3.8) is 0 Å². The molecular weight excluding hydrogens is 452 g/mol. The van der Waals surface area contributed by atoms with Gasteiger partial charge in [-0.05, 0) is 46.2 Å². The molecule has 0 atom stereocenters. The summed E-state index contributed by atoms with van der Waals surface area (Å²) in [5, 5.41) is 13.3. The van der Waals surface area contributed by atoms with Crippen LogP contribution in [0.3, 0.4) is 0 Å². The van der Waals surface area contributed by atoms with E-state index >= 15 is 0 Å². The number of H-pyrrole nitrogens is 1.